The molecule has 1 saturated carbocycles. The second-order valence-corrected chi connectivity index (χ2v) is 6.22. The van der Waals surface area contributed by atoms with Gasteiger partial charge in [0.1, 0.15) is 5.75 Å². The van der Waals surface area contributed by atoms with Crippen molar-refractivity contribution in [2.24, 2.45) is 5.92 Å². The van der Waals surface area contributed by atoms with E-state index < -0.39 is 5.97 Å². The summed E-state index contributed by atoms with van der Waals surface area (Å²) in [5.41, 5.74) is 1.98. The Bertz CT molecular complexity index is 507. The van der Waals surface area contributed by atoms with E-state index >= 15 is 0 Å². The van der Waals surface area contributed by atoms with Gasteiger partial charge in [0.25, 0.3) is 0 Å². The van der Waals surface area contributed by atoms with Gasteiger partial charge in [-0.3, -0.25) is 4.79 Å². The van der Waals surface area contributed by atoms with Gasteiger partial charge >= 0.3 is 5.97 Å². The van der Waals surface area contributed by atoms with Crippen molar-refractivity contribution >= 4 is 17.6 Å². The Morgan fingerprint density at radius 1 is 1.40 bits per heavy atom. The van der Waals surface area contributed by atoms with Crippen LogP contribution in [0, 0.1) is 5.92 Å². The highest BCUT2D eigenvalue weighted by Crippen LogP contribution is 2.48. The van der Waals surface area contributed by atoms with Crippen LogP contribution >= 0.6 is 11.6 Å². The highest BCUT2D eigenvalue weighted by Gasteiger charge is 2.35. The van der Waals surface area contributed by atoms with Crippen LogP contribution in [0.2, 0.25) is 5.02 Å². The van der Waals surface area contributed by atoms with Crippen molar-refractivity contribution < 1.29 is 14.6 Å². The van der Waals surface area contributed by atoms with Gasteiger partial charge in [-0.2, -0.15) is 0 Å². The van der Waals surface area contributed by atoms with Crippen molar-refractivity contribution in [2.45, 2.75) is 44.9 Å². The number of ether oxygens (including phenoxy) is 1. The molecule has 110 valence electrons. The summed E-state index contributed by atoms with van der Waals surface area (Å²) in [6.45, 7) is 4.16. The van der Waals surface area contributed by atoms with Crippen molar-refractivity contribution in [1.29, 1.82) is 0 Å². The monoisotopic (exact) mass is 296 g/mol. The van der Waals surface area contributed by atoms with E-state index in [4.69, 9.17) is 21.4 Å². The van der Waals surface area contributed by atoms with E-state index in [2.05, 4.69) is 13.8 Å². The van der Waals surface area contributed by atoms with Gasteiger partial charge in [-0.05, 0) is 47.9 Å². The minimum absolute atomic E-state index is 0.00108. The minimum atomic E-state index is -0.770. The highest BCUT2D eigenvalue weighted by atomic mass is 35.5. The first-order valence-corrected chi connectivity index (χ1v) is 7.41. The highest BCUT2D eigenvalue weighted by molar-refractivity contribution is 6.31. The quantitative estimate of drug-likeness (QED) is 0.844. The summed E-state index contributed by atoms with van der Waals surface area (Å²) in [7, 11) is 1.63. The lowest BCUT2D eigenvalue weighted by Crippen LogP contribution is -2.10. The fourth-order valence-electron chi connectivity index (χ4n) is 2.71. The topological polar surface area (TPSA) is 46.5 Å². The van der Waals surface area contributed by atoms with Crippen molar-refractivity contribution in [2.75, 3.05) is 7.11 Å². The predicted molar refractivity (Wildman–Crippen MR) is 79.8 cm³/mol. The fourth-order valence-corrected chi connectivity index (χ4v) is 3.10. The lowest BCUT2D eigenvalue weighted by atomic mass is 9.88. The van der Waals surface area contributed by atoms with E-state index in [1.807, 2.05) is 12.1 Å². The van der Waals surface area contributed by atoms with E-state index in [-0.39, 0.29) is 12.3 Å². The molecule has 1 aliphatic carbocycles. The standard InChI is InChI=1S/C16H21ClO3/c1-9(2)11-7-15(20-3)13(6-14(11)17)12(8-16(18)19)10-4-5-10/h6-7,9-10,12H,4-5,8H2,1-3H3,(H,18,19). The number of carboxylic acids is 1. The Morgan fingerprint density at radius 2 is 2.05 bits per heavy atom. The molecule has 1 atom stereocenters. The Labute approximate surface area is 124 Å². The summed E-state index contributed by atoms with van der Waals surface area (Å²) in [4.78, 5) is 11.1. The van der Waals surface area contributed by atoms with Crippen LogP contribution in [0.3, 0.4) is 0 Å². The van der Waals surface area contributed by atoms with E-state index in [1.54, 1.807) is 7.11 Å². The first-order valence-electron chi connectivity index (χ1n) is 7.03. The Kier molecular flexibility index (Phi) is 4.59. The maximum Gasteiger partial charge on any atom is 0.303 e. The molecule has 1 unspecified atom stereocenters. The fraction of sp³-hybridized carbons (Fsp3) is 0.562. The number of carbonyl (C=O) groups is 1. The molecule has 2 rings (SSSR count). The van der Waals surface area contributed by atoms with Gasteiger partial charge in [0.05, 0.1) is 13.5 Å². The third-order valence-electron chi connectivity index (χ3n) is 3.96. The molecule has 1 N–H and O–H groups in total. The first-order chi connectivity index (χ1) is 9.43. The van der Waals surface area contributed by atoms with Crippen molar-refractivity contribution in [1.82, 2.24) is 0 Å². The smallest absolute Gasteiger partial charge is 0.303 e. The predicted octanol–water partition coefficient (Wildman–Crippen LogP) is 4.44. The van der Waals surface area contributed by atoms with Gasteiger partial charge in [0.15, 0.2) is 0 Å². The van der Waals surface area contributed by atoms with E-state index in [9.17, 15) is 4.79 Å². The minimum Gasteiger partial charge on any atom is -0.496 e. The lowest BCUT2D eigenvalue weighted by molar-refractivity contribution is -0.137. The number of aliphatic carboxylic acids is 1. The van der Waals surface area contributed by atoms with Crippen LogP contribution in [-0.4, -0.2) is 18.2 Å². The van der Waals surface area contributed by atoms with Gasteiger partial charge in [0, 0.05) is 10.9 Å². The van der Waals surface area contributed by atoms with Gasteiger partial charge in [-0.25, -0.2) is 0 Å². The van der Waals surface area contributed by atoms with Gasteiger partial charge in [0.2, 0.25) is 0 Å². The zero-order chi connectivity index (χ0) is 14.9. The Hall–Kier alpha value is -1.22. The summed E-state index contributed by atoms with van der Waals surface area (Å²) in [6.07, 6.45) is 2.31. The molecule has 1 aromatic carbocycles. The maximum absolute atomic E-state index is 11.1. The largest absolute Gasteiger partial charge is 0.496 e. The second-order valence-electron chi connectivity index (χ2n) is 5.81. The molecule has 0 bridgehead atoms. The molecule has 0 radical (unpaired) electrons. The van der Waals surface area contributed by atoms with Gasteiger partial charge in [-0.15, -0.1) is 0 Å². The molecule has 0 heterocycles. The van der Waals surface area contributed by atoms with Crippen molar-refractivity contribution in [3.63, 3.8) is 0 Å². The summed E-state index contributed by atoms with van der Waals surface area (Å²) < 4.78 is 5.48. The van der Waals surface area contributed by atoms with Crippen molar-refractivity contribution in [3.8, 4) is 5.75 Å². The van der Waals surface area contributed by atoms with E-state index in [1.165, 1.54) is 0 Å². The SMILES string of the molecule is COc1cc(C(C)C)c(Cl)cc1C(CC(=O)O)C1CC1. The Balaban J connectivity index is 2.42. The third-order valence-corrected chi connectivity index (χ3v) is 4.28. The zero-order valence-corrected chi connectivity index (χ0v) is 12.9. The van der Waals surface area contributed by atoms with Crippen LogP contribution in [0.1, 0.15) is 56.1 Å². The molecule has 3 nitrogen and oxygen atoms in total. The zero-order valence-electron chi connectivity index (χ0n) is 12.1. The number of methoxy groups -OCH3 is 1. The van der Waals surface area contributed by atoms with Gasteiger partial charge < -0.3 is 9.84 Å². The number of carboxylic acid groups (broad SMARTS) is 1. The molecule has 1 aromatic rings. The molecule has 1 fully saturated rings. The van der Waals surface area contributed by atoms with Crippen molar-refractivity contribution in [3.05, 3.63) is 28.3 Å². The van der Waals surface area contributed by atoms with Gasteiger partial charge in [-0.1, -0.05) is 25.4 Å². The molecule has 20 heavy (non-hydrogen) atoms. The summed E-state index contributed by atoms with van der Waals surface area (Å²) in [6, 6.07) is 3.86. The molecule has 0 saturated heterocycles. The molecule has 0 spiro atoms. The van der Waals surface area contributed by atoms with E-state index in [0.29, 0.717) is 16.9 Å². The number of halogens is 1. The van der Waals surface area contributed by atoms with E-state index in [0.717, 1.165) is 29.7 Å². The molecule has 0 aliphatic heterocycles. The third kappa shape index (κ3) is 3.26. The second kappa shape index (κ2) is 6.04. The molecule has 4 heteroatoms. The van der Waals surface area contributed by atoms with Crippen LogP contribution < -0.4 is 4.74 Å². The van der Waals surface area contributed by atoms with Crippen LogP contribution in [0.4, 0.5) is 0 Å². The van der Waals surface area contributed by atoms with Crippen LogP contribution in [-0.2, 0) is 4.79 Å². The Morgan fingerprint density at radius 3 is 2.50 bits per heavy atom. The maximum atomic E-state index is 11.1. The number of benzene rings is 1. The molecule has 0 amide bonds. The number of hydrogen-bond acceptors (Lipinski definition) is 2. The normalized spacial score (nSPS) is 16.2. The number of rotatable bonds is 6. The number of hydrogen-bond donors (Lipinski definition) is 1. The lowest BCUT2D eigenvalue weighted by Gasteiger charge is -2.20. The summed E-state index contributed by atoms with van der Waals surface area (Å²) >= 11 is 6.36. The van der Waals surface area contributed by atoms with Crippen LogP contribution in [0.15, 0.2) is 12.1 Å². The average Bonchev–Trinajstić information content (AvgIpc) is 3.19. The molecule has 0 aromatic heterocycles. The molecule has 1 aliphatic rings. The molecular formula is C16H21ClO3. The summed E-state index contributed by atoms with van der Waals surface area (Å²) in [5.74, 6) is 0.746. The van der Waals surface area contributed by atoms with Crippen LogP contribution in [0.5, 0.6) is 5.75 Å². The van der Waals surface area contributed by atoms with Crippen LogP contribution in [0.25, 0.3) is 0 Å². The first kappa shape index (κ1) is 15.2. The molecular weight excluding hydrogens is 276 g/mol. The summed E-state index contributed by atoms with van der Waals surface area (Å²) in [5, 5.41) is 9.82. The average molecular weight is 297 g/mol.